The van der Waals surface area contributed by atoms with Crippen molar-refractivity contribution in [2.45, 2.75) is 26.2 Å². The second-order valence-electron chi connectivity index (χ2n) is 5.63. The summed E-state index contributed by atoms with van der Waals surface area (Å²) < 4.78 is 4.91. The van der Waals surface area contributed by atoms with Gasteiger partial charge in [0, 0.05) is 0 Å². The fourth-order valence-corrected chi connectivity index (χ4v) is 2.74. The van der Waals surface area contributed by atoms with Crippen molar-refractivity contribution in [3.8, 4) is 0 Å². The van der Waals surface area contributed by atoms with Crippen molar-refractivity contribution in [1.82, 2.24) is 0 Å². The first-order valence-corrected chi connectivity index (χ1v) is 6.71. The zero-order valence-corrected chi connectivity index (χ0v) is 11.4. The minimum absolute atomic E-state index is 0.0588. The molecular formula is C17H18O2. The molecule has 0 aromatic heterocycles. The molecule has 2 aromatic rings. The van der Waals surface area contributed by atoms with E-state index in [0.717, 1.165) is 19.3 Å². The number of aryl methyl sites for hydroxylation is 1. The van der Waals surface area contributed by atoms with Gasteiger partial charge in [-0.2, -0.15) is 0 Å². The molecular weight excluding hydrogens is 236 g/mol. The molecule has 0 spiro atoms. The number of benzene rings is 2. The highest BCUT2D eigenvalue weighted by atomic mass is 16.5. The second kappa shape index (κ2) is 4.37. The molecule has 0 radical (unpaired) electrons. The van der Waals surface area contributed by atoms with Crippen LogP contribution in [-0.2, 0) is 16.0 Å². The molecule has 1 saturated carbocycles. The predicted molar refractivity (Wildman–Crippen MR) is 76.1 cm³/mol. The second-order valence-corrected chi connectivity index (χ2v) is 5.63. The molecule has 0 amide bonds. The van der Waals surface area contributed by atoms with E-state index in [1.165, 1.54) is 29.0 Å². The fraction of sp³-hybridized carbons (Fsp3) is 0.353. The number of hydrogen-bond donors (Lipinski definition) is 0. The van der Waals surface area contributed by atoms with Crippen LogP contribution in [0.2, 0.25) is 0 Å². The number of hydrogen-bond acceptors (Lipinski definition) is 2. The molecule has 1 aliphatic carbocycles. The van der Waals surface area contributed by atoms with Crippen molar-refractivity contribution in [3.63, 3.8) is 0 Å². The van der Waals surface area contributed by atoms with Crippen LogP contribution in [0.15, 0.2) is 36.4 Å². The maximum atomic E-state index is 11.8. The Morgan fingerprint density at radius 2 is 1.84 bits per heavy atom. The molecule has 0 bridgehead atoms. The van der Waals surface area contributed by atoms with Crippen LogP contribution in [0.25, 0.3) is 10.8 Å². The Morgan fingerprint density at radius 3 is 2.53 bits per heavy atom. The minimum Gasteiger partial charge on any atom is -0.469 e. The van der Waals surface area contributed by atoms with Gasteiger partial charge in [-0.25, -0.2) is 0 Å². The Morgan fingerprint density at radius 1 is 1.16 bits per heavy atom. The Balaban J connectivity index is 1.90. The van der Waals surface area contributed by atoms with Crippen LogP contribution in [0.5, 0.6) is 0 Å². The average molecular weight is 254 g/mol. The average Bonchev–Trinajstić information content (AvgIpc) is 3.19. The summed E-state index contributed by atoms with van der Waals surface area (Å²) in [4.78, 5) is 11.8. The number of carbonyl (C=O) groups is 1. The van der Waals surface area contributed by atoms with Crippen LogP contribution in [0, 0.1) is 12.3 Å². The summed E-state index contributed by atoms with van der Waals surface area (Å²) in [6.07, 6.45) is 2.70. The molecule has 0 aliphatic heterocycles. The van der Waals surface area contributed by atoms with Crippen LogP contribution in [0.4, 0.5) is 0 Å². The molecule has 2 aromatic carbocycles. The highest BCUT2D eigenvalue weighted by molar-refractivity contribution is 5.84. The van der Waals surface area contributed by atoms with E-state index >= 15 is 0 Å². The maximum absolute atomic E-state index is 11.8. The lowest BCUT2D eigenvalue weighted by atomic mass is 9.94. The van der Waals surface area contributed by atoms with Crippen LogP contribution in [-0.4, -0.2) is 13.1 Å². The van der Waals surface area contributed by atoms with Gasteiger partial charge in [0.1, 0.15) is 0 Å². The largest absolute Gasteiger partial charge is 0.469 e. The first kappa shape index (κ1) is 12.2. The van der Waals surface area contributed by atoms with Gasteiger partial charge in [0.05, 0.1) is 12.5 Å². The van der Waals surface area contributed by atoms with Gasteiger partial charge >= 0.3 is 5.97 Å². The molecule has 1 aliphatic rings. The van der Waals surface area contributed by atoms with Gasteiger partial charge in [-0.3, -0.25) is 4.79 Å². The smallest absolute Gasteiger partial charge is 0.312 e. The zero-order chi connectivity index (χ0) is 13.5. The number of methoxy groups -OCH3 is 1. The summed E-state index contributed by atoms with van der Waals surface area (Å²) in [5, 5.41) is 2.50. The molecule has 0 unspecified atom stereocenters. The lowest BCUT2D eigenvalue weighted by molar-refractivity contribution is -0.147. The maximum Gasteiger partial charge on any atom is 0.312 e. The van der Waals surface area contributed by atoms with Crippen LogP contribution >= 0.6 is 0 Å². The molecule has 3 rings (SSSR count). The summed E-state index contributed by atoms with van der Waals surface area (Å²) in [7, 11) is 1.48. The van der Waals surface area contributed by atoms with Crippen LogP contribution in [0.3, 0.4) is 0 Å². The molecule has 0 atom stereocenters. The SMILES string of the molecule is COC(=O)C1(Cc2ccc3cc(C)ccc3c2)CC1. The van der Waals surface area contributed by atoms with Gasteiger partial charge in [0.25, 0.3) is 0 Å². The number of rotatable bonds is 3. The lowest BCUT2D eigenvalue weighted by Gasteiger charge is -2.13. The monoisotopic (exact) mass is 254 g/mol. The molecule has 0 heterocycles. The van der Waals surface area contributed by atoms with Crippen molar-refractivity contribution in [2.24, 2.45) is 5.41 Å². The van der Waals surface area contributed by atoms with Crippen molar-refractivity contribution in [1.29, 1.82) is 0 Å². The predicted octanol–water partition coefficient (Wildman–Crippen LogP) is 3.64. The first-order chi connectivity index (χ1) is 9.13. The first-order valence-electron chi connectivity index (χ1n) is 6.71. The highest BCUT2D eigenvalue weighted by Gasteiger charge is 2.50. The van der Waals surface area contributed by atoms with Gasteiger partial charge < -0.3 is 4.74 Å². The van der Waals surface area contributed by atoms with E-state index in [0.29, 0.717) is 0 Å². The van der Waals surface area contributed by atoms with E-state index in [9.17, 15) is 4.79 Å². The molecule has 2 nitrogen and oxygen atoms in total. The molecule has 2 heteroatoms. The molecule has 1 fully saturated rings. The van der Waals surface area contributed by atoms with E-state index in [1.807, 2.05) is 0 Å². The normalized spacial score (nSPS) is 16.3. The number of esters is 1. The van der Waals surface area contributed by atoms with E-state index in [-0.39, 0.29) is 11.4 Å². The van der Waals surface area contributed by atoms with Gasteiger partial charge in [0.15, 0.2) is 0 Å². The summed E-state index contributed by atoms with van der Waals surface area (Å²) >= 11 is 0. The number of carbonyl (C=O) groups excluding carboxylic acids is 1. The van der Waals surface area contributed by atoms with Gasteiger partial charge in [-0.05, 0) is 42.5 Å². The van der Waals surface area contributed by atoms with Crippen molar-refractivity contribution in [2.75, 3.05) is 7.11 Å². The molecule has 0 saturated heterocycles. The van der Waals surface area contributed by atoms with E-state index < -0.39 is 0 Å². The number of fused-ring (bicyclic) bond motifs is 1. The quantitative estimate of drug-likeness (QED) is 0.782. The van der Waals surface area contributed by atoms with Gasteiger partial charge in [-0.15, -0.1) is 0 Å². The van der Waals surface area contributed by atoms with Gasteiger partial charge in [-0.1, -0.05) is 42.0 Å². The molecule has 98 valence electrons. The Hall–Kier alpha value is -1.83. The zero-order valence-electron chi connectivity index (χ0n) is 11.4. The van der Waals surface area contributed by atoms with Crippen LogP contribution < -0.4 is 0 Å². The standard InChI is InChI=1S/C17H18O2/c1-12-3-5-15-10-13(4-6-14(15)9-12)11-17(7-8-17)16(18)19-2/h3-6,9-10H,7-8,11H2,1-2H3. The number of ether oxygens (including phenoxy) is 1. The third kappa shape index (κ3) is 2.23. The van der Waals surface area contributed by atoms with Gasteiger partial charge in [0.2, 0.25) is 0 Å². The molecule has 19 heavy (non-hydrogen) atoms. The summed E-state index contributed by atoms with van der Waals surface area (Å²) in [5.74, 6) is -0.0588. The fourth-order valence-electron chi connectivity index (χ4n) is 2.74. The topological polar surface area (TPSA) is 26.3 Å². The van der Waals surface area contributed by atoms with E-state index in [4.69, 9.17) is 4.74 Å². The highest BCUT2D eigenvalue weighted by Crippen LogP contribution is 2.49. The Labute approximate surface area is 113 Å². The summed E-state index contributed by atoms with van der Waals surface area (Å²) in [6.45, 7) is 2.10. The lowest BCUT2D eigenvalue weighted by Crippen LogP contribution is -2.19. The summed E-state index contributed by atoms with van der Waals surface area (Å²) in [6, 6.07) is 12.9. The third-order valence-corrected chi connectivity index (χ3v) is 4.07. The van der Waals surface area contributed by atoms with Crippen molar-refractivity contribution < 1.29 is 9.53 Å². The summed E-state index contributed by atoms with van der Waals surface area (Å²) in [5.41, 5.74) is 2.25. The van der Waals surface area contributed by atoms with E-state index in [1.54, 1.807) is 0 Å². The van der Waals surface area contributed by atoms with Crippen molar-refractivity contribution >= 4 is 16.7 Å². The minimum atomic E-state index is -0.243. The molecule has 0 N–H and O–H groups in total. The van der Waals surface area contributed by atoms with Crippen molar-refractivity contribution in [3.05, 3.63) is 47.5 Å². The third-order valence-electron chi connectivity index (χ3n) is 4.07. The Bertz CT molecular complexity index is 639. The van der Waals surface area contributed by atoms with E-state index in [2.05, 4.69) is 43.3 Å². The Kier molecular flexibility index (Phi) is 2.81. The van der Waals surface area contributed by atoms with Crippen LogP contribution in [0.1, 0.15) is 24.0 Å².